The van der Waals surface area contributed by atoms with Crippen molar-refractivity contribution in [1.29, 1.82) is 0 Å². The van der Waals surface area contributed by atoms with Crippen LogP contribution in [0.15, 0.2) is 22.7 Å². The number of amides is 1. The number of carbonyl (C=O) groups excluding carboxylic acids is 1. The molecule has 0 saturated carbocycles. The first-order chi connectivity index (χ1) is 9.30. The third-order valence-corrected chi connectivity index (χ3v) is 4.44. The molecule has 1 saturated heterocycles. The number of rotatable bonds is 4. The first-order valence-electron chi connectivity index (χ1n) is 5.86. The van der Waals surface area contributed by atoms with Crippen LogP contribution in [0.1, 0.15) is 6.42 Å². The quantitative estimate of drug-likeness (QED) is 0.766. The van der Waals surface area contributed by atoms with Gasteiger partial charge in [-0.05, 0) is 18.2 Å². The molecule has 2 rings (SSSR count). The fraction of sp³-hybridized carbons (Fsp3) is 0.417. The Hall–Kier alpha value is -1.15. The van der Waals surface area contributed by atoms with Gasteiger partial charge in [0.2, 0.25) is 5.91 Å². The maximum Gasteiger partial charge on any atom is 0.302 e. The lowest BCUT2D eigenvalue weighted by Gasteiger charge is -2.19. The van der Waals surface area contributed by atoms with Gasteiger partial charge >= 0.3 is 10.2 Å². The van der Waals surface area contributed by atoms with E-state index in [4.69, 9.17) is 4.74 Å². The molecule has 1 aliphatic heterocycles. The van der Waals surface area contributed by atoms with Crippen LogP contribution in [-0.2, 0) is 15.0 Å². The van der Waals surface area contributed by atoms with Gasteiger partial charge in [-0.1, -0.05) is 15.9 Å². The summed E-state index contributed by atoms with van der Waals surface area (Å²) in [6, 6.07) is 5.17. The molecule has 0 spiro atoms. The maximum absolute atomic E-state index is 12.7. The number of nitrogens with zero attached hydrogens (tertiary/aromatic N) is 1. The van der Waals surface area contributed by atoms with Crippen LogP contribution in [0.4, 0.5) is 9.57 Å². The lowest BCUT2D eigenvalue weighted by Crippen LogP contribution is -2.25. The molecular formula is C12H13BrFNO4S. The highest BCUT2D eigenvalue weighted by atomic mass is 79.9. The second-order valence-electron chi connectivity index (χ2n) is 4.60. The molecule has 0 N–H and O–H groups in total. The number of ether oxygens (including phenoxy) is 1. The standard InChI is InChI=1S/C12H13BrFNO4S/c1-19-11-5-9(13)2-3-10(11)15-6-8(4-12(15)16)7-20(14,17)18/h2-3,5,8H,4,6-7H2,1H3. The number of halogens is 2. The Morgan fingerprint density at radius 1 is 1.50 bits per heavy atom. The van der Waals surface area contributed by atoms with Crippen LogP contribution in [-0.4, -0.2) is 33.7 Å². The number of carbonyl (C=O) groups is 1. The lowest BCUT2D eigenvalue weighted by atomic mass is 10.1. The minimum absolute atomic E-state index is 0.0162. The second kappa shape index (κ2) is 5.69. The predicted octanol–water partition coefficient (Wildman–Crippen LogP) is 2.11. The number of hydrogen-bond donors (Lipinski definition) is 0. The summed E-state index contributed by atoms with van der Waals surface area (Å²) in [4.78, 5) is 13.4. The lowest BCUT2D eigenvalue weighted by molar-refractivity contribution is -0.117. The normalized spacial score (nSPS) is 19.4. The van der Waals surface area contributed by atoms with Crippen molar-refractivity contribution in [3.8, 4) is 5.75 Å². The highest BCUT2D eigenvalue weighted by Crippen LogP contribution is 2.35. The summed E-state index contributed by atoms with van der Waals surface area (Å²) in [7, 11) is -3.10. The summed E-state index contributed by atoms with van der Waals surface area (Å²) in [5.41, 5.74) is 0.555. The monoisotopic (exact) mass is 365 g/mol. The summed E-state index contributed by atoms with van der Waals surface area (Å²) in [6.45, 7) is 0.167. The fourth-order valence-corrected chi connectivity index (χ4v) is 3.41. The zero-order chi connectivity index (χ0) is 14.9. The molecule has 110 valence electrons. The van der Waals surface area contributed by atoms with Crippen molar-refractivity contribution in [2.24, 2.45) is 5.92 Å². The van der Waals surface area contributed by atoms with E-state index < -0.39 is 21.9 Å². The third kappa shape index (κ3) is 3.49. The van der Waals surface area contributed by atoms with E-state index in [1.807, 2.05) is 0 Å². The Bertz CT molecular complexity index is 634. The number of benzene rings is 1. The number of hydrogen-bond acceptors (Lipinski definition) is 4. The molecule has 1 aromatic carbocycles. The van der Waals surface area contributed by atoms with Gasteiger partial charge < -0.3 is 9.64 Å². The highest BCUT2D eigenvalue weighted by Gasteiger charge is 2.34. The Morgan fingerprint density at radius 2 is 2.20 bits per heavy atom. The van der Waals surface area contributed by atoms with E-state index in [0.717, 1.165) is 4.47 Å². The number of methoxy groups -OCH3 is 1. The van der Waals surface area contributed by atoms with Gasteiger partial charge in [0.05, 0.1) is 18.6 Å². The molecule has 1 aromatic rings. The summed E-state index contributed by atoms with van der Waals surface area (Å²) in [5.74, 6) is -0.907. The minimum Gasteiger partial charge on any atom is -0.495 e. The van der Waals surface area contributed by atoms with Crippen LogP contribution >= 0.6 is 15.9 Å². The van der Waals surface area contributed by atoms with Gasteiger partial charge in [0.15, 0.2) is 0 Å². The molecule has 1 amide bonds. The summed E-state index contributed by atoms with van der Waals surface area (Å²) in [6.07, 6.45) is 0.0162. The van der Waals surface area contributed by atoms with Gasteiger partial charge in [0.1, 0.15) is 5.75 Å². The molecule has 0 radical (unpaired) electrons. The van der Waals surface area contributed by atoms with Crippen molar-refractivity contribution in [3.05, 3.63) is 22.7 Å². The predicted molar refractivity (Wildman–Crippen MR) is 76.0 cm³/mol. The van der Waals surface area contributed by atoms with Crippen LogP contribution < -0.4 is 9.64 Å². The van der Waals surface area contributed by atoms with Gasteiger partial charge in [-0.3, -0.25) is 4.79 Å². The van der Waals surface area contributed by atoms with E-state index in [2.05, 4.69) is 15.9 Å². The molecule has 1 fully saturated rings. The van der Waals surface area contributed by atoms with E-state index in [-0.39, 0.29) is 18.9 Å². The molecule has 1 heterocycles. The summed E-state index contributed by atoms with van der Waals surface area (Å²) >= 11 is 3.30. The fourth-order valence-electron chi connectivity index (χ4n) is 2.28. The van der Waals surface area contributed by atoms with Gasteiger partial charge in [-0.15, -0.1) is 3.89 Å². The van der Waals surface area contributed by atoms with E-state index in [0.29, 0.717) is 11.4 Å². The van der Waals surface area contributed by atoms with E-state index in [1.54, 1.807) is 18.2 Å². The van der Waals surface area contributed by atoms with Gasteiger partial charge in [0.25, 0.3) is 0 Å². The first kappa shape index (κ1) is 15.2. The smallest absolute Gasteiger partial charge is 0.302 e. The van der Waals surface area contributed by atoms with Crippen molar-refractivity contribution < 1.29 is 21.8 Å². The molecule has 0 bridgehead atoms. The highest BCUT2D eigenvalue weighted by molar-refractivity contribution is 9.10. The Labute approximate surface area is 125 Å². The Kier molecular flexibility index (Phi) is 4.33. The minimum atomic E-state index is -4.58. The van der Waals surface area contributed by atoms with Gasteiger partial charge in [0, 0.05) is 23.4 Å². The third-order valence-electron chi connectivity index (χ3n) is 3.07. The molecule has 0 aromatic heterocycles. The molecular weight excluding hydrogens is 353 g/mol. The SMILES string of the molecule is COc1cc(Br)ccc1N1CC(CS(=O)(=O)F)CC1=O. The second-order valence-corrected chi connectivity index (χ2v) is 6.92. The summed E-state index contributed by atoms with van der Waals surface area (Å²) < 4.78 is 40.1. The van der Waals surface area contributed by atoms with Crippen molar-refractivity contribution >= 4 is 37.7 Å². The van der Waals surface area contributed by atoms with Crippen LogP contribution in [0.2, 0.25) is 0 Å². The molecule has 8 heteroatoms. The molecule has 20 heavy (non-hydrogen) atoms. The van der Waals surface area contributed by atoms with E-state index >= 15 is 0 Å². The van der Waals surface area contributed by atoms with Crippen LogP contribution in [0.25, 0.3) is 0 Å². The number of anilines is 1. The molecule has 1 unspecified atom stereocenters. The average Bonchev–Trinajstić information content (AvgIpc) is 2.67. The largest absolute Gasteiger partial charge is 0.495 e. The zero-order valence-corrected chi connectivity index (χ0v) is 13.1. The molecule has 0 aliphatic carbocycles. The van der Waals surface area contributed by atoms with E-state index in [1.165, 1.54) is 12.0 Å². The van der Waals surface area contributed by atoms with Crippen molar-refractivity contribution in [3.63, 3.8) is 0 Å². The van der Waals surface area contributed by atoms with Gasteiger partial charge in [-0.2, -0.15) is 8.42 Å². The molecule has 1 atom stereocenters. The van der Waals surface area contributed by atoms with Crippen molar-refractivity contribution in [1.82, 2.24) is 0 Å². The van der Waals surface area contributed by atoms with E-state index in [9.17, 15) is 17.1 Å². The van der Waals surface area contributed by atoms with Gasteiger partial charge in [-0.25, -0.2) is 0 Å². The molecule has 1 aliphatic rings. The van der Waals surface area contributed by atoms with Crippen LogP contribution in [0.5, 0.6) is 5.75 Å². The van der Waals surface area contributed by atoms with Crippen molar-refractivity contribution in [2.45, 2.75) is 6.42 Å². The molecule has 5 nitrogen and oxygen atoms in total. The Morgan fingerprint density at radius 3 is 2.80 bits per heavy atom. The van der Waals surface area contributed by atoms with Crippen LogP contribution in [0, 0.1) is 5.92 Å². The summed E-state index contributed by atoms with van der Waals surface area (Å²) in [5, 5.41) is 0. The zero-order valence-electron chi connectivity index (χ0n) is 10.7. The first-order valence-corrected chi connectivity index (χ1v) is 8.21. The average molecular weight is 366 g/mol. The van der Waals surface area contributed by atoms with Crippen molar-refractivity contribution in [2.75, 3.05) is 24.3 Å². The Balaban J connectivity index is 2.24. The maximum atomic E-state index is 12.7. The van der Waals surface area contributed by atoms with Crippen LogP contribution in [0.3, 0.4) is 0 Å². The topological polar surface area (TPSA) is 63.7 Å².